The molecular formula is C19H22O5. The van der Waals surface area contributed by atoms with E-state index in [2.05, 4.69) is 0 Å². The summed E-state index contributed by atoms with van der Waals surface area (Å²) in [5.74, 6) is -1.25. The number of esters is 1. The van der Waals surface area contributed by atoms with Crippen LogP contribution in [0.1, 0.15) is 50.1 Å². The first kappa shape index (κ1) is 17.9. The summed E-state index contributed by atoms with van der Waals surface area (Å²) in [6.45, 7) is 3.53. The maximum Gasteiger partial charge on any atom is 0.305 e. The molecule has 0 aliphatic rings. The van der Waals surface area contributed by atoms with Gasteiger partial charge in [-0.25, -0.2) is 0 Å². The van der Waals surface area contributed by atoms with Gasteiger partial charge < -0.3 is 9.15 Å². The lowest BCUT2D eigenvalue weighted by Crippen LogP contribution is -2.22. The van der Waals surface area contributed by atoms with Gasteiger partial charge in [0.05, 0.1) is 12.5 Å². The smallest absolute Gasteiger partial charge is 0.305 e. The molecule has 24 heavy (non-hydrogen) atoms. The average molecular weight is 330 g/mol. The highest BCUT2D eigenvalue weighted by atomic mass is 16.5. The molecule has 0 N–H and O–H groups in total. The largest absolute Gasteiger partial charge is 0.466 e. The Labute approximate surface area is 141 Å². The van der Waals surface area contributed by atoms with Crippen LogP contribution in [0.5, 0.6) is 0 Å². The molecule has 2 rings (SSSR count). The summed E-state index contributed by atoms with van der Waals surface area (Å²) in [5, 5.41) is 0.838. The fourth-order valence-electron chi connectivity index (χ4n) is 2.64. The highest BCUT2D eigenvalue weighted by Gasteiger charge is 2.27. The maximum atomic E-state index is 12.6. The van der Waals surface area contributed by atoms with Crippen LogP contribution in [0.15, 0.2) is 34.7 Å². The molecule has 0 radical (unpaired) electrons. The van der Waals surface area contributed by atoms with E-state index in [1.807, 2.05) is 18.2 Å². The Kier molecular flexibility index (Phi) is 6.29. The summed E-state index contributed by atoms with van der Waals surface area (Å²) in [7, 11) is 0. The Morgan fingerprint density at radius 2 is 1.92 bits per heavy atom. The first-order chi connectivity index (χ1) is 11.5. The normalized spacial score (nSPS) is 12.1. The molecule has 0 saturated heterocycles. The highest BCUT2D eigenvalue weighted by molar-refractivity contribution is 6.10. The van der Waals surface area contributed by atoms with Crippen LogP contribution < -0.4 is 0 Å². The molecule has 1 unspecified atom stereocenters. The Morgan fingerprint density at radius 1 is 1.17 bits per heavy atom. The lowest BCUT2D eigenvalue weighted by Gasteiger charge is -2.10. The molecular weight excluding hydrogens is 308 g/mol. The maximum absolute atomic E-state index is 12.6. The number of benzene rings is 1. The number of carbonyl (C=O) groups is 3. The first-order valence-corrected chi connectivity index (χ1v) is 8.21. The van der Waals surface area contributed by atoms with Crippen LogP contribution in [-0.4, -0.2) is 24.1 Å². The number of carbonyl (C=O) groups excluding carboxylic acids is 3. The second-order valence-corrected chi connectivity index (χ2v) is 5.73. The number of fused-ring (bicyclic) bond motifs is 1. The van der Waals surface area contributed by atoms with Crippen LogP contribution in [0.4, 0.5) is 0 Å². The van der Waals surface area contributed by atoms with Crippen LogP contribution in [0.2, 0.25) is 0 Å². The van der Waals surface area contributed by atoms with Crippen LogP contribution in [0, 0.1) is 5.92 Å². The number of ketones is 2. The minimum atomic E-state index is -0.729. The first-order valence-electron chi connectivity index (χ1n) is 8.21. The molecule has 5 heteroatoms. The third-order valence-corrected chi connectivity index (χ3v) is 3.90. The summed E-state index contributed by atoms with van der Waals surface area (Å²) in [5.41, 5.74) is 0.630. The molecule has 1 atom stereocenters. The Hall–Kier alpha value is -2.43. The van der Waals surface area contributed by atoms with Crippen molar-refractivity contribution in [2.45, 2.75) is 39.5 Å². The molecule has 5 nitrogen and oxygen atoms in total. The number of ether oxygens (including phenoxy) is 1. The third kappa shape index (κ3) is 4.54. The number of rotatable bonds is 9. The van der Waals surface area contributed by atoms with Crippen molar-refractivity contribution in [1.29, 1.82) is 0 Å². The summed E-state index contributed by atoms with van der Waals surface area (Å²) in [4.78, 5) is 35.7. The lowest BCUT2D eigenvalue weighted by atomic mass is 9.92. The van der Waals surface area contributed by atoms with E-state index in [1.54, 1.807) is 19.1 Å². The number of Topliss-reactive ketones (excluding diaryl/α,β-unsaturated/α-hetero) is 2. The average Bonchev–Trinajstić information content (AvgIpc) is 2.98. The molecule has 2 aromatic rings. The standard InChI is InChI=1S/C19H22O5/c1-3-23-18(21)11-7-5-9-15(13(2)20)19(22)17-12-14-8-4-6-10-16(14)24-17/h4,6,8,10,12,15H,3,5,7,9,11H2,1-2H3. The number of para-hydroxylation sites is 1. The Morgan fingerprint density at radius 3 is 2.58 bits per heavy atom. The molecule has 0 saturated carbocycles. The summed E-state index contributed by atoms with van der Waals surface area (Å²) >= 11 is 0. The lowest BCUT2D eigenvalue weighted by molar-refractivity contribution is -0.143. The van der Waals surface area contributed by atoms with Crippen LogP contribution in [0.25, 0.3) is 11.0 Å². The second kappa shape index (κ2) is 8.43. The zero-order valence-electron chi connectivity index (χ0n) is 14.0. The molecule has 0 aliphatic heterocycles. The fourth-order valence-corrected chi connectivity index (χ4v) is 2.64. The molecule has 0 amide bonds. The van der Waals surface area contributed by atoms with Gasteiger partial charge in [-0.3, -0.25) is 14.4 Å². The van der Waals surface area contributed by atoms with Crippen LogP contribution >= 0.6 is 0 Å². The van der Waals surface area contributed by atoms with E-state index in [1.165, 1.54) is 6.92 Å². The quantitative estimate of drug-likeness (QED) is 0.301. The zero-order valence-corrected chi connectivity index (χ0v) is 14.0. The van der Waals surface area contributed by atoms with Crippen molar-refractivity contribution in [1.82, 2.24) is 0 Å². The zero-order chi connectivity index (χ0) is 17.5. The SMILES string of the molecule is CCOC(=O)CCCCC(C(C)=O)C(=O)c1cc2ccccc2o1. The van der Waals surface area contributed by atoms with E-state index >= 15 is 0 Å². The fraction of sp³-hybridized carbons (Fsp3) is 0.421. The molecule has 1 aromatic carbocycles. The van der Waals surface area contributed by atoms with Gasteiger partial charge in [0.25, 0.3) is 0 Å². The van der Waals surface area contributed by atoms with Crippen LogP contribution in [0.3, 0.4) is 0 Å². The topological polar surface area (TPSA) is 73.6 Å². The van der Waals surface area contributed by atoms with Crippen molar-refractivity contribution in [2.24, 2.45) is 5.92 Å². The Balaban J connectivity index is 1.97. The number of furan rings is 1. The van der Waals surface area contributed by atoms with Crippen molar-refractivity contribution in [3.8, 4) is 0 Å². The molecule has 1 aromatic heterocycles. The molecule has 1 heterocycles. The van der Waals surface area contributed by atoms with Crippen molar-refractivity contribution < 1.29 is 23.5 Å². The van der Waals surface area contributed by atoms with Crippen molar-refractivity contribution in [3.63, 3.8) is 0 Å². The van der Waals surface area contributed by atoms with E-state index < -0.39 is 5.92 Å². The van der Waals surface area contributed by atoms with Gasteiger partial charge in [-0.1, -0.05) is 24.6 Å². The third-order valence-electron chi connectivity index (χ3n) is 3.90. The van der Waals surface area contributed by atoms with Gasteiger partial charge in [0, 0.05) is 11.8 Å². The Bertz CT molecular complexity index is 695. The number of hydrogen-bond donors (Lipinski definition) is 0. The van der Waals surface area contributed by atoms with Crippen molar-refractivity contribution in [2.75, 3.05) is 6.61 Å². The number of unbranched alkanes of at least 4 members (excludes halogenated alkanes) is 1. The molecule has 128 valence electrons. The van der Waals surface area contributed by atoms with Crippen molar-refractivity contribution in [3.05, 3.63) is 36.1 Å². The van der Waals surface area contributed by atoms with E-state index in [9.17, 15) is 14.4 Å². The van der Waals surface area contributed by atoms with E-state index in [-0.39, 0.29) is 23.3 Å². The molecule has 0 spiro atoms. The second-order valence-electron chi connectivity index (χ2n) is 5.73. The van der Waals surface area contributed by atoms with Gasteiger partial charge in [-0.05, 0) is 38.8 Å². The number of hydrogen-bond acceptors (Lipinski definition) is 5. The predicted octanol–water partition coefficient (Wildman–Crippen LogP) is 3.94. The predicted molar refractivity (Wildman–Crippen MR) is 89.8 cm³/mol. The summed E-state index contributed by atoms with van der Waals surface area (Å²) in [6.07, 6.45) is 1.91. The van der Waals surface area contributed by atoms with E-state index in [0.29, 0.717) is 37.9 Å². The van der Waals surface area contributed by atoms with Crippen molar-refractivity contribution >= 4 is 28.5 Å². The minimum absolute atomic E-state index is 0.184. The monoisotopic (exact) mass is 330 g/mol. The molecule has 0 fully saturated rings. The van der Waals surface area contributed by atoms with E-state index in [0.717, 1.165) is 5.39 Å². The van der Waals surface area contributed by atoms with Crippen LogP contribution in [-0.2, 0) is 14.3 Å². The minimum Gasteiger partial charge on any atom is -0.466 e. The summed E-state index contributed by atoms with van der Waals surface area (Å²) < 4.78 is 10.4. The van der Waals surface area contributed by atoms with E-state index in [4.69, 9.17) is 9.15 Å². The van der Waals surface area contributed by atoms with Gasteiger partial charge in [0.1, 0.15) is 11.4 Å². The van der Waals surface area contributed by atoms with Gasteiger partial charge in [0.2, 0.25) is 5.78 Å². The van der Waals surface area contributed by atoms with Gasteiger partial charge in [-0.15, -0.1) is 0 Å². The molecule has 0 aliphatic carbocycles. The molecule has 0 bridgehead atoms. The highest BCUT2D eigenvalue weighted by Crippen LogP contribution is 2.23. The van der Waals surface area contributed by atoms with Gasteiger partial charge >= 0.3 is 5.97 Å². The van der Waals surface area contributed by atoms with Gasteiger partial charge in [-0.2, -0.15) is 0 Å². The van der Waals surface area contributed by atoms with Gasteiger partial charge in [0.15, 0.2) is 5.76 Å². The summed E-state index contributed by atoms with van der Waals surface area (Å²) in [6, 6.07) is 9.01.